The first-order valence-corrected chi connectivity index (χ1v) is 27.1. The van der Waals surface area contributed by atoms with E-state index in [1.165, 1.54) is 76.2 Å². The van der Waals surface area contributed by atoms with Gasteiger partial charge in [0.25, 0.3) is 0 Å². The first-order chi connectivity index (χ1) is 17.5. The molecule has 0 aromatic heterocycles. The number of fused-ring (bicyclic) bond motifs is 2. The Hall–Kier alpha value is -1.65. The Kier molecular flexibility index (Phi) is 13.6. The molecule has 4 heteroatoms. The quantitative estimate of drug-likeness (QED) is 0.217. The topological polar surface area (TPSA) is 0 Å². The fourth-order valence-corrected chi connectivity index (χ4v) is 4.65. The molecule has 0 N–H and O–H groups in total. The molecule has 0 spiro atoms. The molecule has 0 heterocycles. The van der Waals surface area contributed by atoms with E-state index in [0.717, 1.165) is 12.8 Å². The van der Waals surface area contributed by atoms with Gasteiger partial charge in [-0.1, -0.05) is 110 Å². The van der Waals surface area contributed by atoms with Crippen LogP contribution < -0.4 is 24.8 Å². The van der Waals surface area contributed by atoms with E-state index in [1.807, 2.05) is 0 Å². The Labute approximate surface area is 256 Å². The number of benzene rings is 4. The Morgan fingerprint density at radius 3 is 1.26 bits per heavy atom. The van der Waals surface area contributed by atoms with Crippen molar-refractivity contribution < 1.29 is 46.1 Å². The van der Waals surface area contributed by atoms with E-state index >= 15 is 0 Å². The second kappa shape index (κ2) is 15.8. The molecule has 4 aromatic rings. The zero-order valence-corrected chi connectivity index (χ0v) is 29.6. The minimum atomic E-state index is -0.194. The summed E-state index contributed by atoms with van der Waals surface area (Å²) >= 11 is 1.52. The van der Waals surface area contributed by atoms with Gasteiger partial charge >= 0.3 is 42.8 Å². The molecule has 0 atom stereocenters. The second-order valence-corrected chi connectivity index (χ2v) is 32.2. The van der Waals surface area contributed by atoms with Gasteiger partial charge in [0.2, 0.25) is 0 Å². The van der Waals surface area contributed by atoms with E-state index in [4.69, 9.17) is 0 Å². The van der Waals surface area contributed by atoms with Gasteiger partial charge in [-0.2, -0.15) is 23.3 Å². The average Bonchev–Trinajstić information content (AvgIpc) is 3.51. The van der Waals surface area contributed by atoms with Crippen molar-refractivity contribution in [3.8, 4) is 0 Å². The van der Waals surface area contributed by atoms with Gasteiger partial charge in [-0.15, -0.1) is 12.8 Å². The van der Waals surface area contributed by atoms with E-state index in [-0.39, 0.29) is 34.9 Å². The Bertz CT molecular complexity index is 1420. The van der Waals surface area contributed by atoms with Gasteiger partial charge in [0.15, 0.2) is 0 Å². The van der Waals surface area contributed by atoms with E-state index in [0.29, 0.717) is 0 Å². The van der Waals surface area contributed by atoms with E-state index in [2.05, 4.69) is 135 Å². The summed E-state index contributed by atoms with van der Waals surface area (Å²) in [6.45, 7) is 4.28. The number of allylic oxidation sites excluding steroid dienone is 8. The molecule has 0 saturated carbocycles. The average molecular weight is 763 g/mol. The van der Waals surface area contributed by atoms with Gasteiger partial charge in [0.05, 0.1) is 0 Å². The Balaban J connectivity index is 0.000000224. The van der Waals surface area contributed by atoms with Crippen molar-refractivity contribution in [1.29, 1.82) is 0 Å². The molecule has 38 heavy (non-hydrogen) atoms. The Morgan fingerprint density at radius 2 is 0.921 bits per heavy atom. The molecule has 2 aliphatic carbocycles. The predicted molar refractivity (Wildman–Crippen MR) is 155 cm³/mol. The monoisotopic (exact) mass is 764 g/mol. The number of halogens is 2. The summed E-state index contributed by atoms with van der Waals surface area (Å²) < 4.78 is 0. The molecule has 4 aromatic carbocycles. The van der Waals surface area contributed by atoms with Crippen LogP contribution in [0.1, 0.15) is 37.8 Å². The largest absolute Gasteiger partial charge is 1.00 e. The minimum Gasteiger partial charge on any atom is -1.00 e. The normalized spacial score (nSPS) is 13.4. The van der Waals surface area contributed by atoms with Crippen molar-refractivity contribution in [3.05, 3.63) is 132 Å². The fraction of sp³-hybridized carbons (Fsp3) is 0.176. The number of rotatable bonds is 2. The molecule has 0 unspecified atom stereocenters. The molecule has 0 amide bonds. The third-order valence-corrected chi connectivity index (χ3v) is 6.31. The van der Waals surface area contributed by atoms with Crippen molar-refractivity contribution >= 4 is 42.7 Å². The Morgan fingerprint density at radius 1 is 0.579 bits per heavy atom. The molecule has 0 fully saturated rings. The van der Waals surface area contributed by atoms with Crippen molar-refractivity contribution in [2.45, 2.75) is 38.2 Å². The molecule has 0 bridgehead atoms. The minimum absolute atomic E-state index is 0. The summed E-state index contributed by atoms with van der Waals surface area (Å²) in [6, 6.07) is 30.1. The molecule has 0 aliphatic heterocycles. The van der Waals surface area contributed by atoms with Crippen LogP contribution in [0.4, 0.5) is 0 Å². The van der Waals surface area contributed by atoms with Crippen LogP contribution in [0.2, 0.25) is 11.5 Å². The summed E-state index contributed by atoms with van der Waals surface area (Å²) in [5.41, 5.74) is 7.91. The smallest absolute Gasteiger partial charge is 1.00 e. The van der Waals surface area contributed by atoms with Crippen molar-refractivity contribution in [2.24, 2.45) is 0 Å². The number of hydrogen-bond acceptors (Lipinski definition) is 0. The van der Waals surface area contributed by atoms with Gasteiger partial charge in [-0.25, -0.2) is 11.1 Å². The van der Waals surface area contributed by atoms with E-state index in [9.17, 15) is 0 Å². The third kappa shape index (κ3) is 8.18. The van der Waals surface area contributed by atoms with E-state index in [1.54, 1.807) is 0 Å². The predicted octanol–water partition coefficient (Wildman–Crippen LogP) is 3.55. The zero-order valence-electron chi connectivity index (χ0n) is 22.4. The molecule has 2 aliphatic rings. The molecule has 192 valence electrons. The molecule has 0 saturated heterocycles. The zero-order chi connectivity index (χ0) is 25.5. The molecule has 0 nitrogen and oxygen atoms in total. The molecule has 0 radical (unpaired) electrons. The van der Waals surface area contributed by atoms with Crippen LogP contribution in [-0.4, -0.2) is 10.1 Å². The molecule has 6 rings (SSSR count). The van der Waals surface area contributed by atoms with Crippen LogP contribution in [0.15, 0.2) is 108 Å². The van der Waals surface area contributed by atoms with Crippen molar-refractivity contribution in [1.82, 2.24) is 0 Å². The van der Waals surface area contributed by atoms with Gasteiger partial charge < -0.3 is 24.8 Å². The van der Waals surface area contributed by atoms with E-state index < -0.39 is 0 Å². The standard InChI is InChI=1S/2C16H13.C2H6Ge.2ClH.Hf/c2*1-12-6-4-10-14(12)16-11-5-8-13-7-2-3-9-15(13)16;1-3-2;;;/h2*2-3,5,7-11H,4H2,1H3;1-2H3;2*1H;/q2*-1;;;;+2/p-2. The maximum absolute atomic E-state index is 3.36. The molecular weight excluding hydrogens is 730 g/mol. The maximum Gasteiger partial charge on any atom is -1.00 e. The summed E-state index contributed by atoms with van der Waals surface area (Å²) in [7, 11) is -0.194. The first kappa shape index (κ1) is 32.6. The summed E-state index contributed by atoms with van der Waals surface area (Å²) in [5.74, 6) is 4.79. The van der Waals surface area contributed by atoms with Crippen LogP contribution in [0.5, 0.6) is 0 Å². The van der Waals surface area contributed by atoms with Gasteiger partial charge in [0, 0.05) is 0 Å². The first-order valence-electron chi connectivity index (χ1n) is 12.5. The summed E-state index contributed by atoms with van der Waals surface area (Å²) in [6.07, 6.45) is 13.1. The maximum atomic E-state index is 3.36. The second-order valence-electron chi connectivity index (χ2n) is 9.30. The summed E-state index contributed by atoms with van der Waals surface area (Å²) in [5, 5.41) is 5.28. The van der Waals surface area contributed by atoms with Crippen LogP contribution in [0.25, 0.3) is 32.7 Å². The van der Waals surface area contributed by atoms with Gasteiger partial charge in [-0.05, 0) is 21.5 Å². The molecular formula is C34H32Cl2GeHf-2. The van der Waals surface area contributed by atoms with Crippen molar-refractivity contribution in [2.75, 3.05) is 0 Å². The van der Waals surface area contributed by atoms with Gasteiger partial charge in [-0.3, -0.25) is 12.2 Å². The fourth-order valence-electron chi connectivity index (χ4n) is 4.65. The van der Waals surface area contributed by atoms with Gasteiger partial charge in [0.1, 0.15) is 0 Å². The van der Waals surface area contributed by atoms with Crippen LogP contribution in [-0.2, 0) is 21.3 Å². The van der Waals surface area contributed by atoms with Crippen LogP contribution >= 0.6 is 0 Å². The summed E-state index contributed by atoms with van der Waals surface area (Å²) in [4.78, 5) is 0. The third-order valence-electron chi connectivity index (χ3n) is 6.31. The van der Waals surface area contributed by atoms with Crippen LogP contribution in [0.3, 0.4) is 0 Å². The van der Waals surface area contributed by atoms with Crippen LogP contribution in [0, 0.1) is 12.2 Å². The SMILES string of the molecule is CC1=[C-]CC=C1c1cccc2ccccc12.CC1=[C-]CC=C1c1cccc2ccccc12.[CH3][Ge]([CH3])=[Hf+2].[Cl-].[Cl-]. The number of hydrogen-bond donors (Lipinski definition) is 0. The van der Waals surface area contributed by atoms with Crippen molar-refractivity contribution in [3.63, 3.8) is 0 Å².